The molecule has 1 fully saturated rings. The molecule has 0 bridgehead atoms. The van der Waals surface area contributed by atoms with Crippen molar-refractivity contribution in [3.63, 3.8) is 0 Å². The fourth-order valence-corrected chi connectivity index (χ4v) is 3.18. The van der Waals surface area contributed by atoms with Gasteiger partial charge in [0.25, 0.3) is 11.1 Å². The van der Waals surface area contributed by atoms with Gasteiger partial charge in [-0.15, -0.1) is 0 Å². The molecule has 0 radical (unpaired) electrons. The third kappa shape index (κ3) is 5.98. The van der Waals surface area contributed by atoms with E-state index in [0.717, 1.165) is 23.1 Å². The normalized spacial score (nSPS) is 14.9. The molecule has 0 aliphatic carbocycles. The summed E-state index contributed by atoms with van der Waals surface area (Å²) in [6, 6.07) is 4.83. The number of amides is 3. The van der Waals surface area contributed by atoms with E-state index in [1.54, 1.807) is 18.2 Å². The number of carbonyl (C=O) groups excluding carboxylic acids is 4. The zero-order valence-corrected chi connectivity index (χ0v) is 17.2. The maximum Gasteiger partial charge on any atom is 0.343 e. The lowest BCUT2D eigenvalue weighted by Gasteiger charge is -2.12. The first-order valence-electron chi connectivity index (χ1n) is 8.79. The molecule has 10 heteroatoms. The maximum absolute atomic E-state index is 12.5. The van der Waals surface area contributed by atoms with E-state index in [1.807, 2.05) is 6.92 Å². The van der Waals surface area contributed by atoms with Crippen LogP contribution in [-0.2, 0) is 19.1 Å². The summed E-state index contributed by atoms with van der Waals surface area (Å²) < 4.78 is 15.1. The lowest BCUT2D eigenvalue weighted by molar-refractivity contribution is -0.143. The Labute approximate surface area is 172 Å². The molecule has 0 saturated carbocycles. The van der Waals surface area contributed by atoms with Gasteiger partial charge in [-0.3, -0.25) is 19.3 Å². The molecule has 29 heavy (non-hydrogen) atoms. The Hall–Kier alpha value is -3.01. The summed E-state index contributed by atoms with van der Waals surface area (Å²) in [5, 5.41) is 2.13. The predicted octanol–water partition coefficient (Wildman–Crippen LogP) is 1.81. The minimum Gasteiger partial charge on any atom is -0.493 e. The molecule has 1 aromatic rings. The molecule has 1 saturated heterocycles. The first-order chi connectivity index (χ1) is 13.9. The van der Waals surface area contributed by atoms with Crippen LogP contribution in [0.1, 0.15) is 18.9 Å². The Morgan fingerprint density at radius 3 is 2.62 bits per heavy atom. The van der Waals surface area contributed by atoms with E-state index >= 15 is 0 Å². The largest absolute Gasteiger partial charge is 0.493 e. The molecular weight excluding hydrogens is 400 g/mol. The van der Waals surface area contributed by atoms with Gasteiger partial charge in [0.05, 0.1) is 19.1 Å². The number of nitrogens with zero attached hydrogens (tertiary/aromatic N) is 1. The summed E-state index contributed by atoms with van der Waals surface area (Å²) in [6.07, 6.45) is 2.29. The second kappa shape index (κ2) is 10.5. The number of hydrogen-bond donors (Lipinski definition) is 1. The summed E-state index contributed by atoms with van der Waals surface area (Å²) in [7, 11) is 2.69. The number of thioether (sulfide) groups is 1. The molecule has 2 rings (SSSR count). The van der Waals surface area contributed by atoms with Crippen LogP contribution >= 0.6 is 11.8 Å². The van der Waals surface area contributed by atoms with Gasteiger partial charge in [-0.05, 0) is 42.0 Å². The highest BCUT2D eigenvalue weighted by Crippen LogP contribution is 2.34. The van der Waals surface area contributed by atoms with Crippen molar-refractivity contribution in [2.45, 2.75) is 13.3 Å². The zero-order chi connectivity index (χ0) is 21.4. The van der Waals surface area contributed by atoms with Crippen molar-refractivity contribution in [3.8, 4) is 11.5 Å². The SMILES string of the molecule is CCCNC(=O)CN1C(=O)S/C(=C\c2ccc(OCC(=O)OC)c(OC)c2)C1=O. The lowest BCUT2D eigenvalue weighted by Crippen LogP contribution is -2.39. The fraction of sp³-hybridized carbons (Fsp3) is 0.368. The monoisotopic (exact) mass is 422 g/mol. The summed E-state index contributed by atoms with van der Waals surface area (Å²) in [5.74, 6) is -0.773. The zero-order valence-electron chi connectivity index (χ0n) is 16.4. The van der Waals surface area contributed by atoms with Crippen LogP contribution in [0.15, 0.2) is 23.1 Å². The van der Waals surface area contributed by atoms with E-state index in [1.165, 1.54) is 20.3 Å². The molecule has 1 heterocycles. The molecule has 3 amide bonds. The highest BCUT2D eigenvalue weighted by Gasteiger charge is 2.36. The number of imide groups is 1. The summed E-state index contributed by atoms with van der Waals surface area (Å²) >= 11 is 0.763. The summed E-state index contributed by atoms with van der Waals surface area (Å²) in [6.45, 7) is 1.80. The number of esters is 1. The van der Waals surface area contributed by atoms with Crippen LogP contribution in [0.4, 0.5) is 4.79 Å². The quantitative estimate of drug-likeness (QED) is 0.474. The Balaban J connectivity index is 2.12. The highest BCUT2D eigenvalue weighted by atomic mass is 32.2. The van der Waals surface area contributed by atoms with Gasteiger partial charge in [0.15, 0.2) is 18.1 Å². The van der Waals surface area contributed by atoms with Gasteiger partial charge in [-0.1, -0.05) is 13.0 Å². The van der Waals surface area contributed by atoms with Gasteiger partial charge in [0, 0.05) is 6.54 Å². The molecule has 9 nitrogen and oxygen atoms in total. The summed E-state index contributed by atoms with van der Waals surface area (Å²) in [5.41, 5.74) is 0.591. The van der Waals surface area contributed by atoms with E-state index in [9.17, 15) is 19.2 Å². The highest BCUT2D eigenvalue weighted by molar-refractivity contribution is 8.18. The molecule has 1 N–H and O–H groups in total. The third-order valence-electron chi connectivity index (χ3n) is 3.81. The Morgan fingerprint density at radius 2 is 1.97 bits per heavy atom. The van der Waals surface area contributed by atoms with Crippen LogP contribution in [0, 0.1) is 0 Å². The van der Waals surface area contributed by atoms with E-state index < -0.39 is 17.1 Å². The average Bonchev–Trinajstić information content (AvgIpc) is 2.98. The molecule has 1 aromatic carbocycles. The van der Waals surface area contributed by atoms with Crippen molar-refractivity contribution in [1.82, 2.24) is 10.2 Å². The number of hydrogen-bond acceptors (Lipinski definition) is 8. The number of ether oxygens (including phenoxy) is 3. The van der Waals surface area contributed by atoms with Crippen molar-refractivity contribution < 1.29 is 33.4 Å². The summed E-state index contributed by atoms with van der Waals surface area (Å²) in [4.78, 5) is 48.7. The average molecular weight is 422 g/mol. The predicted molar refractivity (Wildman–Crippen MR) is 106 cm³/mol. The van der Waals surface area contributed by atoms with Crippen LogP contribution in [0.3, 0.4) is 0 Å². The molecule has 0 atom stereocenters. The van der Waals surface area contributed by atoms with Gasteiger partial charge in [-0.25, -0.2) is 4.79 Å². The maximum atomic E-state index is 12.5. The van der Waals surface area contributed by atoms with Crippen LogP contribution in [-0.4, -0.2) is 61.8 Å². The lowest BCUT2D eigenvalue weighted by atomic mass is 10.2. The van der Waals surface area contributed by atoms with Crippen LogP contribution < -0.4 is 14.8 Å². The fourth-order valence-electron chi connectivity index (χ4n) is 2.34. The van der Waals surface area contributed by atoms with Crippen molar-refractivity contribution in [2.24, 2.45) is 0 Å². The number of benzene rings is 1. The van der Waals surface area contributed by atoms with Gasteiger partial charge in [-0.2, -0.15) is 0 Å². The smallest absolute Gasteiger partial charge is 0.343 e. The minimum absolute atomic E-state index is 0.198. The molecule has 156 valence electrons. The van der Waals surface area contributed by atoms with Crippen molar-refractivity contribution in [1.29, 1.82) is 0 Å². The van der Waals surface area contributed by atoms with Crippen molar-refractivity contribution >= 4 is 40.9 Å². The number of nitrogens with one attached hydrogen (secondary N) is 1. The van der Waals surface area contributed by atoms with E-state index in [2.05, 4.69) is 10.1 Å². The van der Waals surface area contributed by atoms with Gasteiger partial charge in [0.2, 0.25) is 5.91 Å². The van der Waals surface area contributed by atoms with Crippen LogP contribution in [0.5, 0.6) is 11.5 Å². The van der Waals surface area contributed by atoms with Crippen LogP contribution in [0.25, 0.3) is 6.08 Å². The minimum atomic E-state index is -0.534. The Bertz CT molecular complexity index is 838. The van der Waals surface area contributed by atoms with E-state index in [0.29, 0.717) is 23.6 Å². The second-order valence-corrected chi connectivity index (χ2v) is 6.89. The van der Waals surface area contributed by atoms with Gasteiger partial charge >= 0.3 is 5.97 Å². The first-order valence-corrected chi connectivity index (χ1v) is 9.61. The molecule has 1 aliphatic heterocycles. The molecule has 1 aliphatic rings. The number of methoxy groups -OCH3 is 2. The van der Waals surface area contributed by atoms with Gasteiger partial charge < -0.3 is 19.5 Å². The first kappa shape index (κ1) is 22.3. The Morgan fingerprint density at radius 1 is 1.21 bits per heavy atom. The standard InChI is InChI=1S/C19H22N2O7S/c1-4-7-20-16(22)10-21-18(24)15(29-19(21)25)9-12-5-6-13(14(8-12)26-2)28-11-17(23)27-3/h5-6,8-9H,4,7,10-11H2,1-3H3,(H,20,22)/b15-9-. The Kier molecular flexibility index (Phi) is 8.08. The molecule has 0 unspecified atom stereocenters. The molecular formula is C19H22N2O7S. The number of carbonyl (C=O) groups is 4. The van der Waals surface area contributed by atoms with E-state index in [4.69, 9.17) is 9.47 Å². The van der Waals surface area contributed by atoms with Crippen molar-refractivity contribution in [2.75, 3.05) is 33.9 Å². The van der Waals surface area contributed by atoms with Crippen LogP contribution in [0.2, 0.25) is 0 Å². The van der Waals surface area contributed by atoms with Crippen molar-refractivity contribution in [3.05, 3.63) is 28.7 Å². The third-order valence-corrected chi connectivity index (χ3v) is 4.71. The second-order valence-electron chi connectivity index (χ2n) is 5.89. The van der Waals surface area contributed by atoms with E-state index in [-0.39, 0.29) is 24.0 Å². The number of rotatable bonds is 9. The molecule has 0 spiro atoms. The van der Waals surface area contributed by atoms with Gasteiger partial charge in [0.1, 0.15) is 6.54 Å². The topological polar surface area (TPSA) is 111 Å². The molecule has 0 aromatic heterocycles.